The zero-order valence-electron chi connectivity index (χ0n) is 13.4. The molecule has 3 heterocycles. The van der Waals surface area contributed by atoms with Crippen LogP contribution in [0, 0.1) is 5.92 Å². The molecule has 1 fully saturated rings. The van der Waals surface area contributed by atoms with Crippen LogP contribution in [0.4, 0.5) is 0 Å². The van der Waals surface area contributed by atoms with E-state index < -0.39 is 0 Å². The van der Waals surface area contributed by atoms with Gasteiger partial charge in [0.25, 0.3) is 0 Å². The molecule has 24 heavy (non-hydrogen) atoms. The number of halogens is 1. The highest BCUT2D eigenvalue weighted by Crippen LogP contribution is 2.32. The van der Waals surface area contributed by atoms with Crippen molar-refractivity contribution in [3.8, 4) is 5.75 Å². The van der Waals surface area contributed by atoms with Crippen molar-refractivity contribution in [2.45, 2.75) is 25.2 Å². The summed E-state index contributed by atoms with van der Waals surface area (Å²) >= 11 is 6.07. The molecule has 2 aromatic rings. The Bertz CT molecular complexity index is 732. The molecule has 5 nitrogen and oxygen atoms in total. The summed E-state index contributed by atoms with van der Waals surface area (Å²) in [6.45, 7) is 2.01. The van der Waals surface area contributed by atoms with Gasteiger partial charge in [0, 0.05) is 35.9 Å². The van der Waals surface area contributed by atoms with Crippen molar-refractivity contribution in [3.05, 3.63) is 46.7 Å². The lowest BCUT2D eigenvalue weighted by Gasteiger charge is -2.35. The number of H-pyrrole nitrogens is 1. The fraction of sp³-hybridized carbons (Fsp3) is 0.444. The summed E-state index contributed by atoms with van der Waals surface area (Å²) in [5, 5.41) is 7.75. The number of nitrogens with zero attached hydrogens (tertiary/aromatic N) is 2. The highest BCUT2D eigenvalue weighted by atomic mass is 35.5. The van der Waals surface area contributed by atoms with Gasteiger partial charge in [0.1, 0.15) is 12.4 Å². The van der Waals surface area contributed by atoms with E-state index in [1.54, 1.807) is 6.20 Å². The van der Waals surface area contributed by atoms with Crippen LogP contribution in [0.5, 0.6) is 5.75 Å². The second-order valence-corrected chi connectivity index (χ2v) is 7.04. The molecule has 1 aromatic heterocycles. The second kappa shape index (κ2) is 6.48. The van der Waals surface area contributed by atoms with E-state index in [1.807, 2.05) is 29.2 Å². The van der Waals surface area contributed by atoms with Crippen LogP contribution in [0.25, 0.3) is 0 Å². The quantitative estimate of drug-likeness (QED) is 0.910. The first-order valence-electron chi connectivity index (χ1n) is 8.40. The first kappa shape index (κ1) is 15.5. The molecule has 0 radical (unpaired) electrons. The molecule has 0 saturated carbocycles. The highest BCUT2D eigenvalue weighted by Gasteiger charge is 2.33. The Morgan fingerprint density at radius 3 is 3.12 bits per heavy atom. The average Bonchev–Trinajstić information content (AvgIpc) is 3.15. The topological polar surface area (TPSA) is 58.2 Å². The van der Waals surface area contributed by atoms with Gasteiger partial charge in [0.05, 0.1) is 5.92 Å². The Hall–Kier alpha value is -2.01. The number of nitrogens with one attached hydrogen (secondary N) is 1. The molecule has 6 heteroatoms. The zero-order valence-corrected chi connectivity index (χ0v) is 14.1. The molecule has 1 aromatic carbocycles. The minimum absolute atomic E-state index is 0.128. The number of carbonyl (C=O) groups excluding carboxylic acids is 1. The third-order valence-electron chi connectivity index (χ3n) is 4.97. The zero-order chi connectivity index (χ0) is 16.5. The molecule has 2 atom stereocenters. The number of hydrogen-bond donors (Lipinski definition) is 1. The van der Waals surface area contributed by atoms with Crippen molar-refractivity contribution < 1.29 is 9.53 Å². The molecule has 126 valence electrons. The van der Waals surface area contributed by atoms with E-state index in [4.69, 9.17) is 16.3 Å². The van der Waals surface area contributed by atoms with Crippen molar-refractivity contribution in [1.82, 2.24) is 15.1 Å². The fourth-order valence-electron chi connectivity index (χ4n) is 3.71. The number of fused-ring (bicyclic) bond motifs is 1. The average molecular weight is 346 g/mol. The van der Waals surface area contributed by atoms with Gasteiger partial charge in [-0.3, -0.25) is 9.89 Å². The van der Waals surface area contributed by atoms with Crippen molar-refractivity contribution in [2.24, 2.45) is 5.92 Å². The number of ether oxygens (including phenoxy) is 1. The molecule has 1 N–H and O–H groups in total. The van der Waals surface area contributed by atoms with Crippen LogP contribution in [-0.4, -0.2) is 40.7 Å². The maximum atomic E-state index is 13.0. The molecule has 0 aliphatic carbocycles. The first-order valence-corrected chi connectivity index (χ1v) is 8.78. The normalized spacial score (nSPS) is 23.5. The Kier molecular flexibility index (Phi) is 4.19. The van der Waals surface area contributed by atoms with E-state index >= 15 is 0 Å². The summed E-state index contributed by atoms with van der Waals surface area (Å²) in [7, 11) is 0. The number of amides is 1. The van der Waals surface area contributed by atoms with Gasteiger partial charge < -0.3 is 9.64 Å². The number of aromatic amines is 1. The monoisotopic (exact) mass is 345 g/mol. The largest absolute Gasteiger partial charge is 0.492 e. The van der Waals surface area contributed by atoms with E-state index in [0.717, 1.165) is 42.9 Å². The van der Waals surface area contributed by atoms with Gasteiger partial charge in [0.2, 0.25) is 5.91 Å². The van der Waals surface area contributed by atoms with Gasteiger partial charge in [-0.1, -0.05) is 11.6 Å². The fourth-order valence-corrected chi connectivity index (χ4v) is 3.90. The predicted molar refractivity (Wildman–Crippen MR) is 91.3 cm³/mol. The number of aromatic nitrogens is 2. The molecule has 0 unspecified atom stereocenters. The van der Waals surface area contributed by atoms with Gasteiger partial charge in [-0.05, 0) is 49.1 Å². The van der Waals surface area contributed by atoms with Crippen molar-refractivity contribution in [1.29, 1.82) is 0 Å². The first-order chi connectivity index (χ1) is 11.7. The van der Waals surface area contributed by atoms with Gasteiger partial charge in [-0.2, -0.15) is 5.10 Å². The number of carbonyl (C=O) groups is 1. The van der Waals surface area contributed by atoms with Crippen molar-refractivity contribution in [2.75, 3.05) is 19.7 Å². The van der Waals surface area contributed by atoms with Crippen LogP contribution < -0.4 is 4.74 Å². The Morgan fingerprint density at radius 1 is 1.38 bits per heavy atom. The third kappa shape index (κ3) is 3.00. The van der Waals surface area contributed by atoms with E-state index in [-0.39, 0.29) is 11.8 Å². The SMILES string of the molecule is O=C([C@@H]1COc2ccc(Cl)cc2C1)N1CCC[C@@H](c2ccn[nH]2)C1. The summed E-state index contributed by atoms with van der Waals surface area (Å²) < 4.78 is 5.78. The number of rotatable bonds is 2. The molecule has 2 aliphatic rings. The molecular formula is C18H20ClN3O2. The smallest absolute Gasteiger partial charge is 0.229 e. The summed E-state index contributed by atoms with van der Waals surface area (Å²) in [4.78, 5) is 14.9. The van der Waals surface area contributed by atoms with Gasteiger partial charge >= 0.3 is 0 Å². The number of hydrogen-bond acceptors (Lipinski definition) is 3. The Labute approximate surface area is 145 Å². The molecule has 1 amide bonds. The van der Waals surface area contributed by atoms with Crippen molar-refractivity contribution in [3.63, 3.8) is 0 Å². The van der Waals surface area contributed by atoms with Crippen LogP contribution in [0.15, 0.2) is 30.5 Å². The molecule has 1 saturated heterocycles. The van der Waals surface area contributed by atoms with E-state index in [2.05, 4.69) is 10.2 Å². The van der Waals surface area contributed by atoms with E-state index in [1.165, 1.54) is 0 Å². The van der Waals surface area contributed by atoms with E-state index in [0.29, 0.717) is 24.0 Å². The summed E-state index contributed by atoms with van der Waals surface area (Å²) in [6.07, 6.45) is 4.57. The van der Waals surface area contributed by atoms with Gasteiger partial charge in [-0.25, -0.2) is 0 Å². The van der Waals surface area contributed by atoms with Crippen LogP contribution >= 0.6 is 11.6 Å². The lowest BCUT2D eigenvalue weighted by Crippen LogP contribution is -2.45. The van der Waals surface area contributed by atoms with Gasteiger partial charge in [-0.15, -0.1) is 0 Å². The Morgan fingerprint density at radius 2 is 2.29 bits per heavy atom. The van der Waals surface area contributed by atoms with Gasteiger partial charge in [0.15, 0.2) is 0 Å². The number of piperidine rings is 1. The molecule has 2 aliphatic heterocycles. The number of benzene rings is 1. The summed E-state index contributed by atoms with van der Waals surface area (Å²) in [5.74, 6) is 1.25. The second-order valence-electron chi connectivity index (χ2n) is 6.60. The number of likely N-dealkylation sites (tertiary alicyclic amines) is 1. The lowest BCUT2D eigenvalue weighted by atomic mass is 9.91. The standard InChI is InChI=1S/C18H20ClN3O2/c19-15-3-4-17-13(9-15)8-14(11-24-17)18(23)22-7-1-2-12(10-22)16-5-6-20-21-16/h3-6,9,12,14H,1-2,7-8,10-11H2,(H,20,21)/t12-,14+/m1/s1. The van der Waals surface area contributed by atoms with Crippen LogP contribution in [0.1, 0.15) is 30.0 Å². The molecular weight excluding hydrogens is 326 g/mol. The van der Waals surface area contributed by atoms with Crippen LogP contribution in [0.2, 0.25) is 5.02 Å². The van der Waals surface area contributed by atoms with Crippen LogP contribution in [0.3, 0.4) is 0 Å². The minimum Gasteiger partial charge on any atom is -0.492 e. The summed E-state index contributed by atoms with van der Waals surface area (Å²) in [6, 6.07) is 7.61. The Balaban J connectivity index is 1.46. The lowest BCUT2D eigenvalue weighted by molar-refractivity contribution is -0.138. The van der Waals surface area contributed by atoms with E-state index in [9.17, 15) is 4.79 Å². The molecule has 0 bridgehead atoms. The molecule has 0 spiro atoms. The highest BCUT2D eigenvalue weighted by molar-refractivity contribution is 6.30. The maximum Gasteiger partial charge on any atom is 0.229 e. The molecule has 4 rings (SSSR count). The summed E-state index contributed by atoms with van der Waals surface area (Å²) in [5.41, 5.74) is 2.14. The third-order valence-corrected chi connectivity index (χ3v) is 5.21. The minimum atomic E-state index is -0.128. The maximum absolute atomic E-state index is 13.0. The van der Waals surface area contributed by atoms with Crippen molar-refractivity contribution >= 4 is 17.5 Å². The van der Waals surface area contributed by atoms with Crippen LogP contribution in [-0.2, 0) is 11.2 Å². The predicted octanol–water partition coefficient (Wildman–Crippen LogP) is 3.02.